The summed E-state index contributed by atoms with van der Waals surface area (Å²) < 4.78 is 0. The van der Waals surface area contributed by atoms with Crippen molar-refractivity contribution in [3.63, 3.8) is 0 Å². The normalized spacial score (nSPS) is 10.7. The molecule has 0 heterocycles. The van der Waals surface area contributed by atoms with Crippen LogP contribution < -0.4 is 5.43 Å². The van der Waals surface area contributed by atoms with Gasteiger partial charge in [0.05, 0.1) is 5.70 Å². The maximum atomic E-state index is 9.89. The molecule has 0 rings (SSSR count). The van der Waals surface area contributed by atoms with E-state index in [1.54, 1.807) is 0 Å². The fourth-order valence-corrected chi connectivity index (χ4v) is 0.278. The van der Waals surface area contributed by atoms with E-state index in [0.29, 0.717) is 5.70 Å². The van der Waals surface area contributed by atoms with Gasteiger partial charge >= 0.3 is 0 Å². The van der Waals surface area contributed by atoms with E-state index in [-0.39, 0.29) is 5.41 Å². The van der Waals surface area contributed by atoms with Crippen molar-refractivity contribution in [2.45, 2.75) is 20.8 Å². The summed E-state index contributed by atoms with van der Waals surface area (Å²) in [5, 5.41) is 9.29. The molecule has 0 saturated heterocycles. The van der Waals surface area contributed by atoms with Crippen LogP contribution in [0.15, 0.2) is 12.3 Å². The number of hydrogen-bond acceptors (Lipinski definition) is 2. The largest absolute Gasteiger partial charge is 0.235 e. The summed E-state index contributed by atoms with van der Waals surface area (Å²) in [6.07, 6.45) is 0. The molecule has 0 saturated carbocycles. The average molecular weight is 144 g/mol. The maximum absolute atomic E-state index is 9.89. The van der Waals surface area contributed by atoms with Crippen LogP contribution in [0, 0.1) is 15.5 Å². The van der Waals surface area contributed by atoms with E-state index < -0.39 is 5.03 Å². The van der Waals surface area contributed by atoms with E-state index >= 15 is 0 Å². The smallest absolute Gasteiger partial charge is 0.162 e. The second kappa shape index (κ2) is 2.68. The molecule has 0 aromatic rings. The third-order valence-corrected chi connectivity index (χ3v) is 1.13. The molecule has 0 amide bonds. The molecule has 0 aliphatic carbocycles. The molecule has 10 heavy (non-hydrogen) atoms. The second-order valence-corrected chi connectivity index (χ2v) is 3.10. The highest BCUT2D eigenvalue weighted by molar-refractivity contribution is 4.99. The topological polar surface area (TPSA) is 55.2 Å². The van der Waals surface area contributed by atoms with Gasteiger partial charge in [-0.1, -0.05) is 27.4 Å². The predicted molar refractivity (Wildman–Crippen MR) is 38.7 cm³/mol. The summed E-state index contributed by atoms with van der Waals surface area (Å²) in [5.74, 6) is 0. The van der Waals surface area contributed by atoms with Crippen molar-refractivity contribution in [3.8, 4) is 0 Å². The summed E-state index contributed by atoms with van der Waals surface area (Å²) in [4.78, 5) is 9.89. The third-order valence-electron chi connectivity index (χ3n) is 1.13. The van der Waals surface area contributed by atoms with Crippen LogP contribution in [-0.4, -0.2) is 5.03 Å². The summed E-state index contributed by atoms with van der Waals surface area (Å²) >= 11 is 0. The first-order valence-electron chi connectivity index (χ1n) is 2.94. The highest BCUT2D eigenvalue weighted by Gasteiger charge is 2.17. The van der Waals surface area contributed by atoms with Gasteiger partial charge in [-0.25, -0.2) is 10.1 Å². The Morgan fingerprint density at radius 3 is 2.10 bits per heavy atom. The predicted octanol–water partition coefficient (Wildman–Crippen LogP) is 1.33. The van der Waals surface area contributed by atoms with Gasteiger partial charge in [-0.05, 0) is 0 Å². The Labute approximate surface area is 60.0 Å². The number of nitrogens with zero attached hydrogens (tertiary/aromatic N) is 1. The van der Waals surface area contributed by atoms with Crippen LogP contribution >= 0.6 is 0 Å². The van der Waals surface area contributed by atoms with E-state index in [4.69, 9.17) is 0 Å². The van der Waals surface area contributed by atoms with Crippen molar-refractivity contribution in [3.05, 3.63) is 22.4 Å². The van der Waals surface area contributed by atoms with Crippen LogP contribution in [0.3, 0.4) is 0 Å². The Balaban J connectivity index is 3.99. The molecular formula is C6H12N2O2. The van der Waals surface area contributed by atoms with Gasteiger partial charge in [-0.15, -0.1) is 5.43 Å². The van der Waals surface area contributed by atoms with Crippen molar-refractivity contribution >= 4 is 0 Å². The minimum absolute atomic E-state index is 0.257. The quantitative estimate of drug-likeness (QED) is 0.469. The molecule has 0 radical (unpaired) electrons. The molecule has 0 aliphatic heterocycles. The SMILES string of the molecule is C=C(N[N+](=O)[O-])C(C)(C)C. The van der Waals surface area contributed by atoms with E-state index in [1.807, 2.05) is 26.2 Å². The molecule has 4 heteroatoms. The van der Waals surface area contributed by atoms with Gasteiger partial charge in [0.2, 0.25) is 0 Å². The Bertz CT molecular complexity index is 158. The van der Waals surface area contributed by atoms with E-state index in [1.165, 1.54) is 0 Å². The Morgan fingerprint density at radius 1 is 1.60 bits per heavy atom. The molecule has 0 fully saturated rings. The van der Waals surface area contributed by atoms with Crippen LogP contribution in [0.1, 0.15) is 20.8 Å². The minimum Gasteiger partial charge on any atom is -0.235 e. The van der Waals surface area contributed by atoms with E-state index in [9.17, 15) is 10.1 Å². The van der Waals surface area contributed by atoms with Gasteiger partial charge in [0.25, 0.3) is 0 Å². The summed E-state index contributed by atoms with van der Waals surface area (Å²) in [5.41, 5.74) is 2.17. The lowest BCUT2D eigenvalue weighted by Gasteiger charge is -2.17. The van der Waals surface area contributed by atoms with Crippen LogP contribution in [0.5, 0.6) is 0 Å². The molecule has 1 N–H and O–H groups in total. The van der Waals surface area contributed by atoms with Crippen molar-refractivity contribution < 1.29 is 5.03 Å². The first-order chi connectivity index (χ1) is 4.34. The van der Waals surface area contributed by atoms with Gasteiger partial charge in [-0.2, -0.15) is 0 Å². The zero-order valence-corrected chi connectivity index (χ0v) is 6.47. The summed E-state index contributed by atoms with van der Waals surface area (Å²) in [6, 6.07) is 0. The van der Waals surface area contributed by atoms with Crippen LogP contribution in [0.4, 0.5) is 0 Å². The van der Waals surface area contributed by atoms with Crippen molar-refractivity contribution in [1.29, 1.82) is 0 Å². The summed E-state index contributed by atoms with van der Waals surface area (Å²) in [7, 11) is 0. The van der Waals surface area contributed by atoms with E-state index in [2.05, 4.69) is 6.58 Å². The molecule has 58 valence electrons. The lowest BCUT2D eigenvalue weighted by molar-refractivity contribution is -0.537. The highest BCUT2D eigenvalue weighted by atomic mass is 16.7. The number of hydrogen-bond donors (Lipinski definition) is 1. The summed E-state index contributed by atoms with van der Waals surface area (Å²) in [6.45, 7) is 9.07. The Hall–Kier alpha value is -1.06. The lowest BCUT2D eigenvalue weighted by atomic mass is 9.93. The first-order valence-corrected chi connectivity index (χ1v) is 2.94. The van der Waals surface area contributed by atoms with Gasteiger partial charge < -0.3 is 0 Å². The van der Waals surface area contributed by atoms with Crippen molar-refractivity contribution in [2.24, 2.45) is 5.41 Å². The first kappa shape index (κ1) is 8.94. The molecule has 0 bridgehead atoms. The van der Waals surface area contributed by atoms with Gasteiger partial charge in [-0.3, -0.25) is 0 Å². The Morgan fingerprint density at radius 2 is 2.00 bits per heavy atom. The number of allylic oxidation sites excluding steroid dienone is 1. The minimum atomic E-state index is -0.604. The number of nitro groups is 1. The lowest BCUT2D eigenvalue weighted by Crippen LogP contribution is -2.28. The van der Waals surface area contributed by atoms with Crippen molar-refractivity contribution in [2.75, 3.05) is 0 Å². The van der Waals surface area contributed by atoms with Gasteiger partial charge in [0.1, 0.15) is 0 Å². The standard InChI is InChI=1S/C6H12N2O2/c1-5(6(2,3)4)7-8(9)10/h7H,1H2,2-4H3. The Kier molecular flexibility index (Phi) is 2.40. The molecule has 0 spiro atoms. The van der Waals surface area contributed by atoms with Crippen molar-refractivity contribution in [1.82, 2.24) is 5.43 Å². The number of rotatable bonds is 2. The zero-order valence-electron chi connectivity index (χ0n) is 6.47. The fourth-order valence-electron chi connectivity index (χ4n) is 0.278. The van der Waals surface area contributed by atoms with Gasteiger partial charge in [0.15, 0.2) is 5.03 Å². The molecule has 0 aromatic carbocycles. The van der Waals surface area contributed by atoms with Crippen LogP contribution in [-0.2, 0) is 0 Å². The molecule has 0 unspecified atom stereocenters. The molecule has 0 atom stereocenters. The highest BCUT2D eigenvalue weighted by Crippen LogP contribution is 2.20. The maximum Gasteiger partial charge on any atom is 0.162 e. The van der Waals surface area contributed by atoms with Crippen LogP contribution in [0.25, 0.3) is 0 Å². The molecular weight excluding hydrogens is 132 g/mol. The monoisotopic (exact) mass is 144 g/mol. The van der Waals surface area contributed by atoms with E-state index in [0.717, 1.165) is 0 Å². The van der Waals surface area contributed by atoms with Gasteiger partial charge in [0, 0.05) is 5.41 Å². The third kappa shape index (κ3) is 3.06. The number of hydrazine groups is 1. The van der Waals surface area contributed by atoms with Crippen LogP contribution in [0.2, 0.25) is 0 Å². The fraction of sp³-hybridized carbons (Fsp3) is 0.667. The molecule has 0 aliphatic rings. The second-order valence-electron chi connectivity index (χ2n) is 3.10. The average Bonchev–Trinajstić information content (AvgIpc) is 1.60. The number of nitrogens with one attached hydrogen (secondary N) is 1. The molecule has 0 aromatic heterocycles. The zero-order chi connectivity index (χ0) is 8.36. The molecule has 4 nitrogen and oxygen atoms in total.